The monoisotopic (exact) mass is 444 g/mol. The van der Waals surface area contributed by atoms with Crippen molar-refractivity contribution >= 4 is 22.7 Å². The molecule has 2 aromatic heterocycles. The highest BCUT2D eigenvalue weighted by molar-refractivity contribution is 5.92. The lowest BCUT2D eigenvalue weighted by Gasteiger charge is -2.16. The maximum atomic E-state index is 15.1. The molecule has 4 rings (SSSR count). The summed E-state index contributed by atoms with van der Waals surface area (Å²) in [6.07, 6.45) is 2.66. The molecule has 170 valence electrons. The standard InChI is InChI=1S/C22H26F2N6O2/c1-25-22-27-10-13-7-14(17-18(23)15(31-3)8-16(32-4)19(17)24)28-21(20(13)29-22)26-9-12-5-6-30(2)11-12/h7-8,10,12H,5-6,9,11H2,1-4H3,(H,26,28)(H,25,27,29). The molecule has 32 heavy (non-hydrogen) atoms. The highest BCUT2D eigenvalue weighted by Crippen LogP contribution is 2.38. The van der Waals surface area contributed by atoms with E-state index in [9.17, 15) is 0 Å². The Morgan fingerprint density at radius 1 is 1.12 bits per heavy atom. The molecule has 1 aliphatic rings. The molecule has 1 aromatic carbocycles. The number of nitrogens with one attached hydrogen (secondary N) is 2. The van der Waals surface area contributed by atoms with E-state index in [-0.39, 0.29) is 22.8 Å². The lowest BCUT2D eigenvalue weighted by atomic mass is 10.1. The van der Waals surface area contributed by atoms with Crippen LogP contribution in [0.15, 0.2) is 18.3 Å². The Hall–Kier alpha value is -3.27. The van der Waals surface area contributed by atoms with Crippen molar-refractivity contribution < 1.29 is 18.3 Å². The number of halogens is 2. The first kappa shape index (κ1) is 21.9. The quantitative estimate of drug-likeness (QED) is 0.574. The van der Waals surface area contributed by atoms with Crippen LogP contribution in [0.4, 0.5) is 20.5 Å². The highest BCUT2D eigenvalue weighted by atomic mass is 19.1. The van der Waals surface area contributed by atoms with Gasteiger partial charge in [0, 0.05) is 37.8 Å². The second kappa shape index (κ2) is 9.07. The van der Waals surface area contributed by atoms with Crippen LogP contribution in [0, 0.1) is 17.6 Å². The topological polar surface area (TPSA) is 84.4 Å². The van der Waals surface area contributed by atoms with Gasteiger partial charge in [-0.15, -0.1) is 0 Å². The summed E-state index contributed by atoms with van der Waals surface area (Å²) in [6.45, 7) is 2.67. The fourth-order valence-corrected chi connectivity index (χ4v) is 3.96. The van der Waals surface area contributed by atoms with E-state index >= 15 is 8.78 Å². The zero-order valence-electron chi connectivity index (χ0n) is 18.5. The van der Waals surface area contributed by atoms with E-state index in [1.807, 2.05) is 0 Å². The van der Waals surface area contributed by atoms with Gasteiger partial charge >= 0.3 is 0 Å². The molecule has 10 heteroatoms. The Morgan fingerprint density at radius 3 is 2.44 bits per heavy atom. The van der Waals surface area contributed by atoms with Crippen molar-refractivity contribution in [3.05, 3.63) is 30.0 Å². The molecular formula is C22H26F2N6O2. The molecule has 2 N–H and O–H groups in total. The Bertz CT molecular complexity index is 1120. The van der Waals surface area contributed by atoms with Gasteiger partial charge in [-0.05, 0) is 32.0 Å². The van der Waals surface area contributed by atoms with Gasteiger partial charge in [0.15, 0.2) is 29.0 Å². The molecular weight excluding hydrogens is 418 g/mol. The minimum Gasteiger partial charge on any atom is -0.494 e. The summed E-state index contributed by atoms with van der Waals surface area (Å²) < 4.78 is 40.4. The highest BCUT2D eigenvalue weighted by Gasteiger charge is 2.25. The van der Waals surface area contributed by atoms with Crippen molar-refractivity contribution in [2.45, 2.75) is 6.42 Å². The molecule has 3 heterocycles. The van der Waals surface area contributed by atoms with E-state index in [0.717, 1.165) is 19.5 Å². The van der Waals surface area contributed by atoms with E-state index in [1.54, 1.807) is 19.3 Å². The molecule has 3 aromatic rings. The van der Waals surface area contributed by atoms with Crippen molar-refractivity contribution in [1.29, 1.82) is 0 Å². The summed E-state index contributed by atoms with van der Waals surface area (Å²) in [5.41, 5.74) is 0.330. The van der Waals surface area contributed by atoms with Crippen LogP contribution in [0.1, 0.15) is 6.42 Å². The number of pyridine rings is 1. The number of hydrogen-bond acceptors (Lipinski definition) is 8. The summed E-state index contributed by atoms with van der Waals surface area (Å²) in [5.74, 6) is -0.669. The predicted octanol–water partition coefficient (Wildman–Crippen LogP) is 3.39. The Morgan fingerprint density at radius 2 is 1.84 bits per heavy atom. The molecule has 8 nitrogen and oxygen atoms in total. The van der Waals surface area contributed by atoms with Crippen LogP contribution in [-0.2, 0) is 0 Å². The van der Waals surface area contributed by atoms with E-state index < -0.39 is 11.6 Å². The third kappa shape index (κ3) is 4.10. The Kier molecular flexibility index (Phi) is 6.22. The minimum atomic E-state index is -0.853. The number of hydrogen-bond donors (Lipinski definition) is 2. The van der Waals surface area contributed by atoms with Crippen LogP contribution in [0.25, 0.3) is 22.2 Å². The Balaban J connectivity index is 1.84. The van der Waals surface area contributed by atoms with Gasteiger partial charge in [-0.1, -0.05) is 0 Å². The first-order valence-corrected chi connectivity index (χ1v) is 10.3. The number of ether oxygens (including phenoxy) is 2. The number of fused-ring (bicyclic) bond motifs is 1. The second-order valence-electron chi connectivity index (χ2n) is 7.82. The van der Waals surface area contributed by atoms with Gasteiger partial charge in [0.05, 0.1) is 25.5 Å². The van der Waals surface area contributed by atoms with Crippen LogP contribution in [0.3, 0.4) is 0 Å². The SMILES string of the molecule is CNc1ncc2cc(-c3c(F)c(OC)cc(OC)c3F)nc(NCC3CCN(C)C3)c2n1. The van der Waals surface area contributed by atoms with Crippen LogP contribution in [0.2, 0.25) is 0 Å². The summed E-state index contributed by atoms with van der Waals surface area (Å²) in [7, 11) is 6.43. The van der Waals surface area contributed by atoms with Gasteiger partial charge in [0.25, 0.3) is 0 Å². The maximum Gasteiger partial charge on any atom is 0.223 e. The normalized spacial score (nSPS) is 16.4. The van der Waals surface area contributed by atoms with Crippen molar-refractivity contribution in [3.8, 4) is 22.8 Å². The summed E-state index contributed by atoms with van der Waals surface area (Å²) >= 11 is 0. The van der Waals surface area contributed by atoms with E-state index in [4.69, 9.17) is 9.47 Å². The second-order valence-corrected chi connectivity index (χ2v) is 7.82. The molecule has 0 aliphatic carbocycles. The summed E-state index contributed by atoms with van der Waals surface area (Å²) in [6, 6.07) is 2.73. The molecule has 1 fully saturated rings. The number of rotatable bonds is 7. The maximum absolute atomic E-state index is 15.1. The molecule has 1 unspecified atom stereocenters. The number of methoxy groups -OCH3 is 2. The van der Waals surface area contributed by atoms with Crippen molar-refractivity contribution in [1.82, 2.24) is 19.9 Å². The van der Waals surface area contributed by atoms with E-state index in [2.05, 4.69) is 37.5 Å². The molecule has 1 saturated heterocycles. The van der Waals surface area contributed by atoms with Crippen LogP contribution >= 0.6 is 0 Å². The molecule has 0 amide bonds. The van der Waals surface area contributed by atoms with Gasteiger partial charge in [-0.3, -0.25) is 0 Å². The average molecular weight is 444 g/mol. The third-order valence-corrected chi connectivity index (χ3v) is 5.67. The first-order valence-electron chi connectivity index (χ1n) is 10.3. The summed E-state index contributed by atoms with van der Waals surface area (Å²) in [4.78, 5) is 15.6. The number of anilines is 2. The van der Waals surface area contributed by atoms with Gasteiger partial charge in [0.2, 0.25) is 5.95 Å². The molecule has 0 radical (unpaired) electrons. The van der Waals surface area contributed by atoms with Crippen LogP contribution in [0.5, 0.6) is 11.5 Å². The lowest BCUT2D eigenvalue weighted by molar-refractivity contribution is 0.359. The van der Waals surface area contributed by atoms with E-state index in [1.165, 1.54) is 20.3 Å². The minimum absolute atomic E-state index is 0.0940. The zero-order chi connectivity index (χ0) is 22.8. The van der Waals surface area contributed by atoms with Gasteiger partial charge in [0.1, 0.15) is 5.52 Å². The number of nitrogens with zero attached hydrogens (tertiary/aromatic N) is 4. The molecule has 1 atom stereocenters. The number of benzene rings is 1. The van der Waals surface area contributed by atoms with Gasteiger partial charge in [-0.25, -0.2) is 23.7 Å². The van der Waals surface area contributed by atoms with Crippen molar-refractivity contribution in [2.24, 2.45) is 5.92 Å². The lowest BCUT2D eigenvalue weighted by Crippen LogP contribution is -2.19. The molecule has 1 aliphatic heterocycles. The fraction of sp³-hybridized carbons (Fsp3) is 0.409. The zero-order valence-corrected chi connectivity index (χ0v) is 18.5. The van der Waals surface area contributed by atoms with Crippen LogP contribution < -0.4 is 20.1 Å². The molecule has 0 bridgehead atoms. The fourth-order valence-electron chi connectivity index (χ4n) is 3.96. The summed E-state index contributed by atoms with van der Waals surface area (Å²) in [5, 5.41) is 6.85. The van der Waals surface area contributed by atoms with E-state index in [0.29, 0.717) is 35.1 Å². The van der Waals surface area contributed by atoms with Gasteiger partial charge < -0.3 is 25.0 Å². The van der Waals surface area contributed by atoms with Crippen molar-refractivity contribution in [3.63, 3.8) is 0 Å². The number of aromatic nitrogens is 3. The average Bonchev–Trinajstić information content (AvgIpc) is 3.22. The third-order valence-electron chi connectivity index (χ3n) is 5.67. The molecule has 0 spiro atoms. The van der Waals surface area contributed by atoms with Crippen LogP contribution in [-0.4, -0.2) is 67.8 Å². The number of likely N-dealkylation sites (tertiary alicyclic amines) is 1. The van der Waals surface area contributed by atoms with Crippen molar-refractivity contribution in [2.75, 3.05) is 58.6 Å². The predicted molar refractivity (Wildman–Crippen MR) is 119 cm³/mol. The van der Waals surface area contributed by atoms with Gasteiger partial charge in [-0.2, -0.15) is 0 Å². The molecule has 0 saturated carbocycles. The Labute approximate surface area is 185 Å². The first-order chi connectivity index (χ1) is 15.4. The largest absolute Gasteiger partial charge is 0.494 e. The smallest absolute Gasteiger partial charge is 0.223 e.